The average Bonchev–Trinajstić information content (AvgIpc) is 3.15. The number of halogens is 1. The Morgan fingerprint density at radius 3 is 2.57 bits per heavy atom. The third-order valence-corrected chi connectivity index (χ3v) is 5.18. The van der Waals surface area contributed by atoms with Gasteiger partial charge in [-0.1, -0.05) is 48.1 Å². The summed E-state index contributed by atoms with van der Waals surface area (Å²) >= 11 is 7.79. The number of hydrogen-bond acceptors (Lipinski definition) is 5. The highest BCUT2D eigenvalue weighted by atomic mass is 35.5. The number of nitrogens with two attached hydrogens (primary N) is 1. The fraction of sp³-hybridized carbons (Fsp3) is 0. The van der Waals surface area contributed by atoms with E-state index in [1.807, 2.05) is 30.3 Å². The molecule has 0 atom stereocenters. The predicted octanol–water partition coefficient (Wildman–Crippen LogP) is 4.03. The van der Waals surface area contributed by atoms with Gasteiger partial charge < -0.3 is 16.2 Å². The zero-order valence-corrected chi connectivity index (χ0v) is 16.0. The van der Waals surface area contributed by atoms with Gasteiger partial charge >= 0.3 is 5.97 Å². The largest absolute Gasteiger partial charge is 0.478 e. The van der Waals surface area contributed by atoms with Crippen molar-refractivity contribution in [1.29, 1.82) is 0 Å². The Balaban J connectivity index is 1.89. The second-order valence-corrected chi connectivity index (χ2v) is 7.18. The number of nitrogens with one attached hydrogen (secondary N) is 1. The van der Waals surface area contributed by atoms with Crippen molar-refractivity contribution in [2.45, 2.75) is 9.79 Å². The first-order valence-electron chi connectivity index (χ1n) is 7.95. The number of benzene rings is 2. The molecule has 3 rings (SSSR count). The van der Waals surface area contributed by atoms with Crippen LogP contribution in [0.3, 0.4) is 0 Å². The molecule has 0 aliphatic rings. The van der Waals surface area contributed by atoms with Crippen LogP contribution in [0.1, 0.15) is 20.7 Å². The lowest BCUT2D eigenvalue weighted by Gasteiger charge is -2.15. The van der Waals surface area contributed by atoms with E-state index in [-0.39, 0.29) is 16.9 Å². The average molecular weight is 415 g/mol. The standard InChI is InChI=1S/C19H15ClN4O3S/c1-11(24-10-12(9-22-24)19(26)27)23-16-8-15(20)17(7-14(16)18(21)25)28-13-5-3-2-4-6-13/h2-10,23H,1H2,(H2,21,25)(H,26,27). The van der Waals surface area contributed by atoms with Gasteiger partial charge in [-0.3, -0.25) is 4.79 Å². The van der Waals surface area contributed by atoms with Gasteiger partial charge in [-0.25, -0.2) is 9.48 Å². The van der Waals surface area contributed by atoms with Crippen LogP contribution in [0.15, 0.2) is 71.2 Å². The van der Waals surface area contributed by atoms with Crippen molar-refractivity contribution >= 4 is 46.7 Å². The van der Waals surface area contributed by atoms with E-state index in [9.17, 15) is 9.59 Å². The van der Waals surface area contributed by atoms with Crippen LogP contribution in [0, 0.1) is 0 Å². The molecule has 3 aromatic rings. The maximum Gasteiger partial charge on any atom is 0.338 e. The summed E-state index contributed by atoms with van der Waals surface area (Å²) in [6, 6.07) is 12.7. The normalized spacial score (nSPS) is 10.5. The summed E-state index contributed by atoms with van der Waals surface area (Å²) in [5.41, 5.74) is 6.09. The van der Waals surface area contributed by atoms with Gasteiger partial charge in [0.25, 0.3) is 5.91 Å². The highest BCUT2D eigenvalue weighted by molar-refractivity contribution is 7.99. The number of hydrogen-bond donors (Lipinski definition) is 3. The molecule has 0 aliphatic heterocycles. The van der Waals surface area contributed by atoms with Crippen molar-refractivity contribution in [3.05, 3.63) is 77.6 Å². The van der Waals surface area contributed by atoms with Crippen molar-refractivity contribution in [3.63, 3.8) is 0 Å². The number of aromatic nitrogens is 2. The SMILES string of the molecule is C=C(Nc1cc(Cl)c(Sc2ccccc2)cc1C(N)=O)n1cc(C(=O)O)cn1. The molecule has 1 amide bonds. The van der Waals surface area contributed by atoms with Crippen molar-refractivity contribution in [3.8, 4) is 0 Å². The molecule has 0 bridgehead atoms. The molecule has 9 heteroatoms. The number of primary amides is 1. The quantitative estimate of drug-likeness (QED) is 0.538. The van der Waals surface area contributed by atoms with Crippen molar-refractivity contribution < 1.29 is 14.7 Å². The van der Waals surface area contributed by atoms with E-state index in [1.54, 1.807) is 12.1 Å². The molecule has 0 radical (unpaired) electrons. The number of anilines is 1. The van der Waals surface area contributed by atoms with Gasteiger partial charge in [0.05, 0.1) is 28.0 Å². The first-order chi connectivity index (χ1) is 13.3. The molecule has 0 fully saturated rings. The van der Waals surface area contributed by atoms with E-state index in [1.165, 1.54) is 28.8 Å². The highest BCUT2D eigenvalue weighted by Gasteiger charge is 2.16. The molecule has 7 nitrogen and oxygen atoms in total. The number of carboxylic acid groups (broad SMARTS) is 1. The molecule has 4 N–H and O–H groups in total. The molecule has 2 aromatic carbocycles. The Hall–Kier alpha value is -3.23. The predicted molar refractivity (Wildman–Crippen MR) is 109 cm³/mol. The Labute approximate surface area is 169 Å². The van der Waals surface area contributed by atoms with Gasteiger partial charge in [-0.05, 0) is 24.3 Å². The molecule has 0 aliphatic carbocycles. The second-order valence-electron chi connectivity index (χ2n) is 5.66. The third kappa shape index (κ3) is 4.36. The topological polar surface area (TPSA) is 110 Å². The van der Waals surface area contributed by atoms with Crippen LogP contribution in [0.25, 0.3) is 5.82 Å². The molecule has 28 heavy (non-hydrogen) atoms. The lowest BCUT2D eigenvalue weighted by Crippen LogP contribution is -2.15. The smallest absolute Gasteiger partial charge is 0.338 e. The van der Waals surface area contributed by atoms with Gasteiger partial charge in [-0.15, -0.1) is 0 Å². The Kier molecular flexibility index (Phi) is 5.72. The lowest BCUT2D eigenvalue weighted by atomic mass is 10.1. The van der Waals surface area contributed by atoms with Crippen LogP contribution >= 0.6 is 23.4 Å². The monoisotopic (exact) mass is 414 g/mol. The summed E-state index contributed by atoms with van der Waals surface area (Å²) < 4.78 is 1.24. The van der Waals surface area contributed by atoms with Gasteiger partial charge in [-0.2, -0.15) is 5.10 Å². The van der Waals surface area contributed by atoms with E-state index < -0.39 is 11.9 Å². The number of carbonyl (C=O) groups excluding carboxylic acids is 1. The number of carboxylic acids is 1. The summed E-state index contributed by atoms with van der Waals surface area (Å²) in [5, 5.41) is 16.2. The summed E-state index contributed by atoms with van der Waals surface area (Å²) in [7, 11) is 0. The van der Waals surface area contributed by atoms with Crippen molar-refractivity contribution in [2.75, 3.05) is 5.32 Å². The third-order valence-electron chi connectivity index (χ3n) is 3.69. The minimum absolute atomic E-state index is 0.00529. The van der Waals surface area contributed by atoms with Crippen LogP contribution in [0.4, 0.5) is 5.69 Å². The Morgan fingerprint density at radius 2 is 1.96 bits per heavy atom. The molecule has 142 valence electrons. The van der Waals surface area contributed by atoms with E-state index in [4.69, 9.17) is 22.4 Å². The van der Waals surface area contributed by atoms with E-state index in [0.717, 1.165) is 4.90 Å². The molecular formula is C19H15ClN4O3S. The molecule has 0 unspecified atom stereocenters. The molecule has 0 saturated carbocycles. The van der Waals surface area contributed by atoms with Crippen LogP contribution in [-0.2, 0) is 0 Å². The summed E-state index contributed by atoms with van der Waals surface area (Å²) in [5.74, 6) is -1.52. The molecule has 1 heterocycles. The van der Waals surface area contributed by atoms with Crippen LogP contribution in [-0.4, -0.2) is 26.8 Å². The Bertz CT molecular complexity index is 1070. The maximum atomic E-state index is 11.9. The first-order valence-corrected chi connectivity index (χ1v) is 9.15. The summed E-state index contributed by atoms with van der Waals surface area (Å²) in [6.45, 7) is 3.81. The van der Waals surface area contributed by atoms with Crippen molar-refractivity contribution in [1.82, 2.24) is 9.78 Å². The number of amides is 1. The van der Waals surface area contributed by atoms with Crippen LogP contribution in [0.2, 0.25) is 5.02 Å². The number of carbonyl (C=O) groups is 2. The summed E-state index contributed by atoms with van der Waals surface area (Å²) in [6.07, 6.45) is 2.49. The number of aromatic carboxylic acids is 1. The van der Waals surface area contributed by atoms with Crippen LogP contribution in [0.5, 0.6) is 0 Å². The summed E-state index contributed by atoms with van der Waals surface area (Å²) in [4.78, 5) is 24.6. The number of rotatable bonds is 7. The maximum absolute atomic E-state index is 11.9. The molecule has 0 spiro atoms. The minimum Gasteiger partial charge on any atom is -0.478 e. The van der Waals surface area contributed by atoms with E-state index in [0.29, 0.717) is 15.6 Å². The molecule has 1 aromatic heterocycles. The van der Waals surface area contributed by atoms with Gasteiger partial charge in [0.15, 0.2) is 0 Å². The number of nitrogens with zero attached hydrogens (tertiary/aromatic N) is 2. The lowest BCUT2D eigenvalue weighted by molar-refractivity contribution is 0.0696. The van der Waals surface area contributed by atoms with Gasteiger partial charge in [0, 0.05) is 16.0 Å². The van der Waals surface area contributed by atoms with Gasteiger partial charge in [0.1, 0.15) is 5.82 Å². The minimum atomic E-state index is -1.11. The van der Waals surface area contributed by atoms with Crippen molar-refractivity contribution in [2.24, 2.45) is 5.73 Å². The van der Waals surface area contributed by atoms with Crippen LogP contribution < -0.4 is 11.1 Å². The first kappa shape index (κ1) is 19.5. The van der Waals surface area contributed by atoms with Gasteiger partial charge in [0.2, 0.25) is 0 Å². The zero-order chi connectivity index (χ0) is 20.3. The fourth-order valence-electron chi connectivity index (χ4n) is 2.35. The molecular weight excluding hydrogens is 400 g/mol. The fourth-order valence-corrected chi connectivity index (χ4v) is 3.51. The Morgan fingerprint density at radius 1 is 1.25 bits per heavy atom. The highest BCUT2D eigenvalue weighted by Crippen LogP contribution is 2.37. The second kappa shape index (κ2) is 8.20. The molecule has 0 saturated heterocycles. The zero-order valence-electron chi connectivity index (χ0n) is 14.4. The van der Waals surface area contributed by atoms with E-state index >= 15 is 0 Å². The van der Waals surface area contributed by atoms with E-state index in [2.05, 4.69) is 17.0 Å².